The molecule has 0 amide bonds. The van der Waals surface area contributed by atoms with Gasteiger partial charge in [-0.05, 0) is 25.5 Å². The Morgan fingerprint density at radius 1 is 1.27 bits per heavy atom. The average Bonchev–Trinajstić information content (AvgIpc) is 2.43. The van der Waals surface area contributed by atoms with Gasteiger partial charge in [-0.25, -0.2) is 0 Å². The quantitative estimate of drug-likeness (QED) is 0.776. The predicted molar refractivity (Wildman–Crippen MR) is 60.6 cm³/mol. The monoisotopic (exact) mass is 205 g/mol. The topological polar surface area (TPSA) is 34.4 Å². The molecule has 3 nitrogen and oxygen atoms in total. The fourth-order valence-corrected chi connectivity index (χ4v) is 1.93. The molecule has 1 heterocycles. The summed E-state index contributed by atoms with van der Waals surface area (Å²) in [4.78, 5) is 0. The van der Waals surface area contributed by atoms with Crippen molar-refractivity contribution in [2.75, 3.05) is 7.11 Å². The van der Waals surface area contributed by atoms with Gasteiger partial charge in [-0.1, -0.05) is 0 Å². The Hall–Kier alpha value is -1.64. The normalized spacial score (nSPS) is 10.9. The maximum atomic E-state index is 9.69. The molecule has 1 N–H and O–H groups in total. The van der Waals surface area contributed by atoms with Gasteiger partial charge in [-0.15, -0.1) is 0 Å². The zero-order chi connectivity index (χ0) is 11.2. The fraction of sp³-hybridized carbons (Fsp3) is 0.333. The van der Waals surface area contributed by atoms with Crippen LogP contribution in [0.15, 0.2) is 12.1 Å². The third-order valence-electron chi connectivity index (χ3n) is 3.11. The fourth-order valence-electron chi connectivity index (χ4n) is 1.93. The molecule has 2 rings (SSSR count). The van der Waals surface area contributed by atoms with Gasteiger partial charge in [0, 0.05) is 24.2 Å². The Morgan fingerprint density at radius 3 is 2.53 bits per heavy atom. The third-order valence-corrected chi connectivity index (χ3v) is 3.11. The lowest BCUT2D eigenvalue weighted by Gasteiger charge is -2.04. The minimum atomic E-state index is 0.186. The van der Waals surface area contributed by atoms with E-state index in [1.54, 1.807) is 13.2 Å². The third kappa shape index (κ3) is 1.27. The molecular formula is C12H15NO2. The number of fused-ring (bicyclic) bond motifs is 1. The van der Waals surface area contributed by atoms with Crippen LogP contribution in [-0.4, -0.2) is 16.8 Å². The number of benzene rings is 1. The van der Waals surface area contributed by atoms with Crippen molar-refractivity contribution in [1.29, 1.82) is 0 Å². The van der Waals surface area contributed by atoms with E-state index in [2.05, 4.69) is 18.4 Å². The molecule has 3 heteroatoms. The molecular weight excluding hydrogens is 190 g/mol. The zero-order valence-electron chi connectivity index (χ0n) is 9.46. The van der Waals surface area contributed by atoms with Gasteiger partial charge in [0.15, 0.2) is 11.5 Å². The van der Waals surface area contributed by atoms with E-state index in [9.17, 15) is 5.11 Å². The van der Waals surface area contributed by atoms with Crippen molar-refractivity contribution < 1.29 is 9.84 Å². The molecule has 0 aliphatic rings. The maximum absolute atomic E-state index is 9.69. The molecule has 0 atom stereocenters. The van der Waals surface area contributed by atoms with Gasteiger partial charge in [0.1, 0.15) is 0 Å². The van der Waals surface area contributed by atoms with Gasteiger partial charge in [-0.2, -0.15) is 0 Å². The highest BCUT2D eigenvalue weighted by atomic mass is 16.5. The van der Waals surface area contributed by atoms with Gasteiger partial charge in [0.25, 0.3) is 0 Å². The van der Waals surface area contributed by atoms with E-state index in [1.165, 1.54) is 11.3 Å². The molecule has 0 saturated carbocycles. The Labute approximate surface area is 88.9 Å². The van der Waals surface area contributed by atoms with Crippen LogP contribution >= 0.6 is 0 Å². The van der Waals surface area contributed by atoms with Crippen LogP contribution in [0.2, 0.25) is 0 Å². The molecule has 1 aromatic carbocycles. The van der Waals surface area contributed by atoms with Crippen LogP contribution in [0.4, 0.5) is 0 Å². The first-order chi connectivity index (χ1) is 7.06. The van der Waals surface area contributed by atoms with E-state index in [0.29, 0.717) is 5.75 Å². The summed E-state index contributed by atoms with van der Waals surface area (Å²) >= 11 is 0. The second-order valence-corrected chi connectivity index (χ2v) is 3.81. The Kier molecular flexibility index (Phi) is 2.11. The molecule has 15 heavy (non-hydrogen) atoms. The molecule has 0 radical (unpaired) electrons. The number of hydrogen-bond donors (Lipinski definition) is 1. The van der Waals surface area contributed by atoms with Crippen LogP contribution in [0.5, 0.6) is 11.5 Å². The zero-order valence-corrected chi connectivity index (χ0v) is 9.46. The Bertz CT molecular complexity index is 526. The molecule has 0 fully saturated rings. The van der Waals surface area contributed by atoms with Crippen molar-refractivity contribution in [3.8, 4) is 11.5 Å². The first-order valence-corrected chi connectivity index (χ1v) is 4.89. The van der Waals surface area contributed by atoms with Crippen molar-refractivity contribution in [3.05, 3.63) is 23.4 Å². The summed E-state index contributed by atoms with van der Waals surface area (Å²) in [5, 5.41) is 10.8. The van der Waals surface area contributed by atoms with Gasteiger partial charge < -0.3 is 14.4 Å². The molecule has 0 saturated heterocycles. The van der Waals surface area contributed by atoms with E-state index >= 15 is 0 Å². The maximum Gasteiger partial charge on any atom is 0.161 e. The lowest BCUT2D eigenvalue weighted by molar-refractivity contribution is 0.374. The highest BCUT2D eigenvalue weighted by Crippen LogP contribution is 2.34. The Balaban J connectivity index is 2.88. The summed E-state index contributed by atoms with van der Waals surface area (Å²) in [5.74, 6) is 0.710. The summed E-state index contributed by atoms with van der Waals surface area (Å²) in [6.45, 7) is 4.15. The lowest BCUT2D eigenvalue weighted by atomic mass is 10.1. The predicted octanol–water partition coefficient (Wildman–Crippen LogP) is 2.51. The SMILES string of the molecule is COc1cc2c(C)c(C)n(C)c2cc1O. The minimum absolute atomic E-state index is 0.186. The molecule has 0 aliphatic heterocycles. The molecule has 0 unspecified atom stereocenters. The number of hydrogen-bond acceptors (Lipinski definition) is 2. The first-order valence-electron chi connectivity index (χ1n) is 4.89. The van der Waals surface area contributed by atoms with E-state index < -0.39 is 0 Å². The number of aromatic hydroxyl groups is 1. The van der Waals surface area contributed by atoms with E-state index in [-0.39, 0.29) is 5.75 Å². The van der Waals surface area contributed by atoms with Crippen LogP contribution in [0, 0.1) is 13.8 Å². The largest absolute Gasteiger partial charge is 0.504 e. The molecule has 0 aliphatic carbocycles. The molecule has 0 spiro atoms. The number of ether oxygens (including phenoxy) is 1. The second kappa shape index (κ2) is 3.19. The number of rotatable bonds is 1. The van der Waals surface area contributed by atoms with Gasteiger partial charge in [0.05, 0.1) is 12.6 Å². The summed E-state index contributed by atoms with van der Waals surface area (Å²) in [7, 11) is 3.56. The van der Waals surface area contributed by atoms with Crippen molar-refractivity contribution in [2.45, 2.75) is 13.8 Å². The summed E-state index contributed by atoms with van der Waals surface area (Å²) in [6, 6.07) is 3.63. The van der Waals surface area contributed by atoms with Crippen LogP contribution in [0.25, 0.3) is 10.9 Å². The van der Waals surface area contributed by atoms with Crippen molar-refractivity contribution >= 4 is 10.9 Å². The summed E-state index contributed by atoms with van der Waals surface area (Å²) < 4.78 is 7.17. The van der Waals surface area contributed by atoms with Crippen molar-refractivity contribution in [1.82, 2.24) is 4.57 Å². The van der Waals surface area contributed by atoms with Gasteiger partial charge >= 0.3 is 0 Å². The van der Waals surface area contributed by atoms with E-state index in [1.807, 2.05) is 13.1 Å². The first kappa shape index (κ1) is 9.90. The second-order valence-electron chi connectivity index (χ2n) is 3.81. The molecule has 80 valence electrons. The van der Waals surface area contributed by atoms with Crippen LogP contribution in [0.1, 0.15) is 11.3 Å². The number of phenolic OH excluding ortho intramolecular Hbond substituents is 1. The van der Waals surface area contributed by atoms with E-state index in [0.717, 1.165) is 10.9 Å². The smallest absolute Gasteiger partial charge is 0.161 e. The van der Waals surface area contributed by atoms with E-state index in [4.69, 9.17) is 4.74 Å². The molecule has 0 bridgehead atoms. The Morgan fingerprint density at radius 2 is 1.93 bits per heavy atom. The number of methoxy groups -OCH3 is 1. The number of nitrogens with zero attached hydrogens (tertiary/aromatic N) is 1. The highest BCUT2D eigenvalue weighted by molar-refractivity contribution is 5.88. The minimum Gasteiger partial charge on any atom is -0.504 e. The molecule has 2 aromatic rings. The van der Waals surface area contributed by atoms with Crippen LogP contribution in [-0.2, 0) is 7.05 Å². The highest BCUT2D eigenvalue weighted by Gasteiger charge is 2.12. The van der Waals surface area contributed by atoms with Crippen molar-refractivity contribution in [2.24, 2.45) is 7.05 Å². The number of phenols is 1. The summed E-state index contributed by atoms with van der Waals surface area (Å²) in [5.41, 5.74) is 3.46. The van der Waals surface area contributed by atoms with Crippen molar-refractivity contribution in [3.63, 3.8) is 0 Å². The standard InChI is InChI=1S/C12H15NO2/c1-7-8(2)13(3)10-6-11(14)12(15-4)5-9(7)10/h5-6,14H,1-4H3. The van der Waals surface area contributed by atoms with Crippen LogP contribution in [0.3, 0.4) is 0 Å². The number of aryl methyl sites for hydroxylation is 2. The van der Waals surface area contributed by atoms with Gasteiger partial charge in [0.2, 0.25) is 0 Å². The van der Waals surface area contributed by atoms with Crippen LogP contribution < -0.4 is 4.74 Å². The lowest BCUT2D eigenvalue weighted by Crippen LogP contribution is -1.90. The molecule has 1 aromatic heterocycles. The summed E-state index contributed by atoms with van der Waals surface area (Å²) in [6.07, 6.45) is 0. The number of aromatic nitrogens is 1. The average molecular weight is 205 g/mol. The van der Waals surface area contributed by atoms with Gasteiger partial charge in [-0.3, -0.25) is 0 Å².